The lowest BCUT2D eigenvalue weighted by molar-refractivity contribution is -0.151. The summed E-state index contributed by atoms with van der Waals surface area (Å²) in [5.41, 5.74) is 0.835. The summed E-state index contributed by atoms with van der Waals surface area (Å²) in [5.74, 6) is 0.715. The minimum Gasteiger partial charge on any atom is -0.497 e. The van der Waals surface area contributed by atoms with Gasteiger partial charge >= 0.3 is 0 Å². The van der Waals surface area contributed by atoms with Crippen LogP contribution in [0.1, 0.15) is 5.56 Å². The average molecular weight is 300 g/mol. The van der Waals surface area contributed by atoms with Gasteiger partial charge in [-0.15, -0.1) is 0 Å². The standard InChI is InChI=1S/C14H20O7/c1-19-9-4-2-8(3-5-9)7-20-13-11(17)14(18)21-12(13)10(16)6-15/h2-5,10-18H,6-7H2,1H3/t10-,11-,12-,13+,14-/m1/s1. The maximum Gasteiger partial charge on any atom is 0.184 e. The molecule has 7 nitrogen and oxygen atoms in total. The highest BCUT2D eigenvalue weighted by molar-refractivity contribution is 5.26. The number of ether oxygens (including phenoxy) is 3. The predicted molar refractivity (Wildman–Crippen MR) is 71.6 cm³/mol. The maximum atomic E-state index is 9.82. The molecule has 0 saturated carbocycles. The van der Waals surface area contributed by atoms with E-state index in [9.17, 15) is 15.3 Å². The SMILES string of the molecule is COc1ccc(CO[C@H]2[C@@H](O)[C@H](O)O[C@@H]2[C@H](O)CO)cc1. The number of aliphatic hydroxyl groups excluding tert-OH is 4. The van der Waals surface area contributed by atoms with E-state index in [0.29, 0.717) is 5.75 Å². The van der Waals surface area contributed by atoms with Gasteiger partial charge in [-0.3, -0.25) is 0 Å². The Hall–Kier alpha value is -1.22. The van der Waals surface area contributed by atoms with Gasteiger partial charge in [-0.25, -0.2) is 0 Å². The molecule has 0 radical (unpaired) electrons. The number of hydrogen-bond acceptors (Lipinski definition) is 7. The molecular weight excluding hydrogens is 280 g/mol. The van der Waals surface area contributed by atoms with Crippen molar-refractivity contribution in [2.45, 2.75) is 37.3 Å². The Balaban J connectivity index is 1.98. The fourth-order valence-corrected chi connectivity index (χ4v) is 2.20. The summed E-state index contributed by atoms with van der Waals surface area (Å²) in [6.07, 6.45) is -5.88. The molecule has 0 unspecified atom stereocenters. The van der Waals surface area contributed by atoms with Crippen molar-refractivity contribution in [3.8, 4) is 5.75 Å². The minimum atomic E-state index is -1.45. The molecule has 1 aliphatic rings. The van der Waals surface area contributed by atoms with E-state index in [-0.39, 0.29) is 6.61 Å². The average Bonchev–Trinajstić information content (AvgIpc) is 2.80. The molecule has 1 heterocycles. The zero-order chi connectivity index (χ0) is 15.4. The summed E-state index contributed by atoms with van der Waals surface area (Å²) in [6, 6.07) is 7.15. The quantitative estimate of drug-likeness (QED) is 0.534. The topological polar surface area (TPSA) is 109 Å². The fraction of sp³-hybridized carbons (Fsp3) is 0.571. The Bertz CT molecular complexity index is 435. The highest BCUT2D eigenvalue weighted by Crippen LogP contribution is 2.26. The van der Waals surface area contributed by atoms with Crippen LogP contribution in [0.2, 0.25) is 0 Å². The molecule has 7 heteroatoms. The van der Waals surface area contributed by atoms with Gasteiger partial charge in [0.25, 0.3) is 0 Å². The van der Waals surface area contributed by atoms with E-state index in [0.717, 1.165) is 5.56 Å². The van der Waals surface area contributed by atoms with Gasteiger partial charge in [-0.05, 0) is 17.7 Å². The molecule has 118 valence electrons. The number of benzene rings is 1. The minimum absolute atomic E-state index is 0.163. The molecule has 1 saturated heterocycles. The second kappa shape index (κ2) is 7.17. The van der Waals surface area contributed by atoms with Gasteiger partial charge in [0.1, 0.15) is 30.2 Å². The maximum absolute atomic E-state index is 9.82. The monoisotopic (exact) mass is 300 g/mol. The van der Waals surface area contributed by atoms with Crippen LogP contribution >= 0.6 is 0 Å². The Labute approximate surface area is 122 Å². The summed E-state index contributed by atoms with van der Waals surface area (Å²) in [6.45, 7) is -0.386. The summed E-state index contributed by atoms with van der Waals surface area (Å²) in [4.78, 5) is 0. The van der Waals surface area contributed by atoms with Gasteiger partial charge in [-0.1, -0.05) is 12.1 Å². The Kier molecular flexibility index (Phi) is 5.51. The van der Waals surface area contributed by atoms with Crippen molar-refractivity contribution in [3.05, 3.63) is 29.8 Å². The summed E-state index contributed by atoms with van der Waals surface area (Å²) < 4.78 is 15.6. The van der Waals surface area contributed by atoms with Crippen LogP contribution in [-0.2, 0) is 16.1 Å². The number of methoxy groups -OCH3 is 1. The summed E-state index contributed by atoms with van der Waals surface area (Å²) >= 11 is 0. The van der Waals surface area contributed by atoms with Crippen molar-refractivity contribution in [1.82, 2.24) is 0 Å². The number of rotatable bonds is 6. The summed E-state index contributed by atoms with van der Waals surface area (Å²) in [5, 5.41) is 37.9. The highest BCUT2D eigenvalue weighted by Gasteiger charge is 2.46. The van der Waals surface area contributed by atoms with E-state index in [1.165, 1.54) is 0 Å². The summed E-state index contributed by atoms with van der Waals surface area (Å²) in [7, 11) is 1.57. The van der Waals surface area contributed by atoms with Crippen LogP contribution in [0.5, 0.6) is 5.75 Å². The van der Waals surface area contributed by atoms with Crippen molar-refractivity contribution < 1.29 is 34.6 Å². The molecule has 1 aromatic rings. The molecule has 2 rings (SSSR count). The van der Waals surface area contributed by atoms with Crippen molar-refractivity contribution in [3.63, 3.8) is 0 Å². The van der Waals surface area contributed by atoms with E-state index in [1.807, 2.05) is 0 Å². The van der Waals surface area contributed by atoms with Crippen LogP contribution in [0.3, 0.4) is 0 Å². The second-order valence-electron chi connectivity index (χ2n) is 4.86. The van der Waals surface area contributed by atoms with Gasteiger partial charge in [0.05, 0.1) is 20.3 Å². The first kappa shape index (κ1) is 16.2. The lowest BCUT2D eigenvalue weighted by Crippen LogP contribution is -2.42. The molecule has 1 aromatic carbocycles. The first-order valence-electron chi connectivity index (χ1n) is 6.62. The number of hydrogen-bond donors (Lipinski definition) is 4. The smallest absolute Gasteiger partial charge is 0.184 e. The normalized spacial score (nSPS) is 30.3. The molecule has 0 amide bonds. The molecule has 4 N–H and O–H groups in total. The van der Waals surface area contributed by atoms with Crippen LogP contribution in [-0.4, -0.2) is 64.8 Å². The third-order valence-corrected chi connectivity index (χ3v) is 3.42. The lowest BCUT2D eigenvalue weighted by atomic mass is 10.1. The van der Waals surface area contributed by atoms with Gasteiger partial charge < -0.3 is 34.6 Å². The zero-order valence-corrected chi connectivity index (χ0v) is 11.6. The third-order valence-electron chi connectivity index (χ3n) is 3.42. The van der Waals surface area contributed by atoms with Gasteiger partial charge in [-0.2, -0.15) is 0 Å². The van der Waals surface area contributed by atoms with Gasteiger partial charge in [0, 0.05) is 0 Å². The Morgan fingerprint density at radius 3 is 2.48 bits per heavy atom. The zero-order valence-electron chi connectivity index (χ0n) is 11.6. The molecule has 1 fully saturated rings. The molecule has 0 spiro atoms. The van der Waals surface area contributed by atoms with Crippen molar-refractivity contribution in [2.75, 3.05) is 13.7 Å². The largest absolute Gasteiger partial charge is 0.497 e. The highest BCUT2D eigenvalue weighted by atomic mass is 16.7. The predicted octanol–water partition coefficient (Wildman–Crippen LogP) is -0.988. The molecule has 5 atom stereocenters. The van der Waals surface area contributed by atoms with E-state index in [4.69, 9.17) is 19.3 Å². The van der Waals surface area contributed by atoms with Crippen LogP contribution in [0, 0.1) is 0 Å². The van der Waals surface area contributed by atoms with Crippen LogP contribution in [0.4, 0.5) is 0 Å². The number of aliphatic hydroxyl groups is 4. The third kappa shape index (κ3) is 3.70. The van der Waals surface area contributed by atoms with E-state index in [1.54, 1.807) is 31.4 Å². The first-order valence-corrected chi connectivity index (χ1v) is 6.62. The fourth-order valence-electron chi connectivity index (χ4n) is 2.20. The van der Waals surface area contributed by atoms with Crippen LogP contribution < -0.4 is 4.74 Å². The van der Waals surface area contributed by atoms with Crippen molar-refractivity contribution >= 4 is 0 Å². The molecular formula is C14H20O7. The van der Waals surface area contributed by atoms with Gasteiger partial charge in [0.15, 0.2) is 6.29 Å². The van der Waals surface area contributed by atoms with Crippen molar-refractivity contribution in [1.29, 1.82) is 0 Å². The Morgan fingerprint density at radius 2 is 1.90 bits per heavy atom. The van der Waals surface area contributed by atoms with Crippen LogP contribution in [0.25, 0.3) is 0 Å². The van der Waals surface area contributed by atoms with E-state index < -0.39 is 37.3 Å². The Morgan fingerprint density at radius 1 is 1.24 bits per heavy atom. The van der Waals surface area contributed by atoms with E-state index >= 15 is 0 Å². The molecule has 0 bridgehead atoms. The molecule has 0 aliphatic carbocycles. The molecule has 0 aromatic heterocycles. The van der Waals surface area contributed by atoms with Crippen molar-refractivity contribution in [2.24, 2.45) is 0 Å². The van der Waals surface area contributed by atoms with E-state index in [2.05, 4.69) is 0 Å². The first-order chi connectivity index (χ1) is 10.1. The molecule has 1 aliphatic heterocycles. The second-order valence-corrected chi connectivity index (χ2v) is 4.86. The lowest BCUT2D eigenvalue weighted by Gasteiger charge is -2.23. The van der Waals surface area contributed by atoms with Crippen LogP contribution in [0.15, 0.2) is 24.3 Å². The molecule has 21 heavy (non-hydrogen) atoms. The van der Waals surface area contributed by atoms with Gasteiger partial charge in [0.2, 0.25) is 0 Å².